The van der Waals surface area contributed by atoms with Crippen LogP contribution >= 0.6 is 11.6 Å². The molecule has 0 unspecified atom stereocenters. The average molecular weight is 355 g/mol. The second-order valence-electron chi connectivity index (χ2n) is 5.55. The van der Waals surface area contributed by atoms with Gasteiger partial charge in [0.05, 0.1) is 35.2 Å². The highest BCUT2D eigenvalue weighted by Crippen LogP contribution is 2.36. The van der Waals surface area contributed by atoms with E-state index in [4.69, 9.17) is 11.6 Å². The molecule has 0 fully saturated rings. The molecule has 2 aromatic rings. The SMILES string of the molecule is CN1C=CN(Cc2ccc(-c3ccc(Cl)c(C(F)(F)F)c3)nn2)C1. The van der Waals surface area contributed by atoms with Crippen LogP contribution in [0.25, 0.3) is 11.3 Å². The molecule has 0 aliphatic carbocycles. The number of halogens is 4. The molecule has 0 amide bonds. The predicted molar refractivity (Wildman–Crippen MR) is 84.8 cm³/mol. The van der Waals surface area contributed by atoms with E-state index >= 15 is 0 Å². The van der Waals surface area contributed by atoms with E-state index in [0.29, 0.717) is 17.8 Å². The summed E-state index contributed by atoms with van der Waals surface area (Å²) < 4.78 is 38.8. The number of aromatic nitrogens is 2. The van der Waals surface area contributed by atoms with Crippen LogP contribution in [0.3, 0.4) is 0 Å². The minimum Gasteiger partial charge on any atom is -0.362 e. The third-order valence-corrected chi connectivity index (χ3v) is 3.92. The largest absolute Gasteiger partial charge is 0.417 e. The molecule has 3 rings (SSSR count). The lowest BCUT2D eigenvalue weighted by Crippen LogP contribution is -2.22. The van der Waals surface area contributed by atoms with Crippen molar-refractivity contribution in [1.29, 1.82) is 0 Å². The molecule has 0 N–H and O–H groups in total. The Hall–Kier alpha value is -2.28. The summed E-state index contributed by atoms with van der Waals surface area (Å²) in [5.41, 5.74) is 0.558. The lowest BCUT2D eigenvalue weighted by atomic mass is 10.1. The first-order chi connectivity index (χ1) is 11.3. The van der Waals surface area contributed by atoms with Gasteiger partial charge < -0.3 is 9.80 Å². The monoisotopic (exact) mass is 354 g/mol. The molecule has 2 heterocycles. The van der Waals surface area contributed by atoms with Gasteiger partial charge in [0.2, 0.25) is 0 Å². The molecule has 4 nitrogen and oxygen atoms in total. The van der Waals surface area contributed by atoms with E-state index in [9.17, 15) is 13.2 Å². The van der Waals surface area contributed by atoms with Crippen LogP contribution in [0.4, 0.5) is 13.2 Å². The molecule has 0 saturated heterocycles. The van der Waals surface area contributed by atoms with Gasteiger partial charge >= 0.3 is 6.18 Å². The van der Waals surface area contributed by atoms with E-state index in [1.165, 1.54) is 12.1 Å². The maximum atomic E-state index is 12.9. The Morgan fingerprint density at radius 2 is 1.92 bits per heavy atom. The number of hydrogen-bond donors (Lipinski definition) is 0. The van der Waals surface area contributed by atoms with E-state index in [-0.39, 0.29) is 5.02 Å². The Morgan fingerprint density at radius 1 is 1.12 bits per heavy atom. The van der Waals surface area contributed by atoms with E-state index in [1.54, 1.807) is 12.1 Å². The fourth-order valence-electron chi connectivity index (χ4n) is 2.40. The smallest absolute Gasteiger partial charge is 0.362 e. The lowest BCUT2D eigenvalue weighted by Gasteiger charge is -2.17. The van der Waals surface area contributed by atoms with Crippen LogP contribution in [0.1, 0.15) is 11.3 Å². The second-order valence-corrected chi connectivity index (χ2v) is 5.95. The maximum Gasteiger partial charge on any atom is 0.417 e. The van der Waals surface area contributed by atoms with Gasteiger partial charge in [0.1, 0.15) is 0 Å². The van der Waals surface area contributed by atoms with Crippen molar-refractivity contribution in [3.8, 4) is 11.3 Å². The van der Waals surface area contributed by atoms with Crippen molar-refractivity contribution in [2.24, 2.45) is 0 Å². The molecule has 0 spiro atoms. The van der Waals surface area contributed by atoms with E-state index in [0.717, 1.165) is 18.4 Å². The van der Waals surface area contributed by atoms with Gasteiger partial charge in [-0.3, -0.25) is 0 Å². The average Bonchev–Trinajstić information content (AvgIpc) is 2.92. The van der Waals surface area contributed by atoms with Crippen molar-refractivity contribution >= 4 is 11.6 Å². The van der Waals surface area contributed by atoms with E-state index in [2.05, 4.69) is 10.2 Å². The highest BCUT2D eigenvalue weighted by molar-refractivity contribution is 6.31. The minimum absolute atomic E-state index is 0.326. The van der Waals surface area contributed by atoms with Crippen LogP contribution in [0.15, 0.2) is 42.7 Å². The van der Waals surface area contributed by atoms with Crippen LogP contribution in [-0.2, 0) is 12.7 Å². The van der Waals surface area contributed by atoms with Gasteiger partial charge in [0.15, 0.2) is 0 Å². The molecule has 1 aromatic carbocycles. The van der Waals surface area contributed by atoms with Gasteiger partial charge in [0, 0.05) is 25.0 Å². The molecule has 1 aliphatic rings. The van der Waals surface area contributed by atoms with Crippen LogP contribution < -0.4 is 0 Å². The zero-order valence-corrected chi connectivity index (χ0v) is 13.5. The zero-order chi connectivity index (χ0) is 17.3. The molecular formula is C16H14ClF3N4. The molecule has 0 radical (unpaired) electrons. The highest BCUT2D eigenvalue weighted by Gasteiger charge is 2.33. The summed E-state index contributed by atoms with van der Waals surface area (Å²) in [6.45, 7) is 1.35. The first-order valence-electron chi connectivity index (χ1n) is 7.15. The summed E-state index contributed by atoms with van der Waals surface area (Å²) in [5.74, 6) is 0. The van der Waals surface area contributed by atoms with Gasteiger partial charge in [-0.25, -0.2) is 0 Å². The standard InChI is InChI=1S/C16H14ClF3N4/c1-23-6-7-24(10-23)9-12-3-5-15(22-21-12)11-2-4-14(17)13(8-11)16(18,19)20/h2-8H,9-10H2,1H3. The predicted octanol–water partition coefficient (Wildman–Crippen LogP) is 3.99. The van der Waals surface area contributed by atoms with Crippen LogP contribution in [0.5, 0.6) is 0 Å². The summed E-state index contributed by atoms with van der Waals surface area (Å²) in [5, 5.41) is 7.80. The number of hydrogen-bond acceptors (Lipinski definition) is 4. The molecular weight excluding hydrogens is 341 g/mol. The first-order valence-corrected chi connectivity index (χ1v) is 7.53. The summed E-state index contributed by atoms with van der Waals surface area (Å²) in [7, 11) is 1.96. The number of nitrogens with zero attached hydrogens (tertiary/aromatic N) is 4. The summed E-state index contributed by atoms with van der Waals surface area (Å²) in [6, 6.07) is 7.13. The molecule has 126 valence electrons. The topological polar surface area (TPSA) is 32.3 Å². The molecule has 0 saturated carbocycles. The van der Waals surface area contributed by atoms with Crippen LogP contribution in [-0.4, -0.2) is 33.7 Å². The number of benzene rings is 1. The maximum absolute atomic E-state index is 12.9. The first kappa shape index (κ1) is 16.6. The fourth-order valence-corrected chi connectivity index (χ4v) is 2.62. The van der Waals surface area contributed by atoms with Gasteiger partial charge in [-0.05, 0) is 24.3 Å². The Kier molecular flexibility index (Phi) is 4.36. The third kappa shape index (κ3) is 3.62. The van der Waals surface area contributed by atoms with E-state index in [1.807, 2.05) is 29.2 Å². The van der Waals surface area contributed by atoms with Gasteiger partial charge in [-0.15, -0.1) is 0 Å². The van der Waals surface area contributed by atoms with Gasteiger partial charge in [-0.2, -0.15) is 23.4 Å². The van der Waals surface area contributed by atoms with Crippen LogP contribution in [0.2, 0.25) is 5.02 Å². The molecule has 1 aromatic heterocycles. The number of rotatable bonds is 3. The van der Waals surface area contributed by atoms with Crippen LogP contribution in [0, 0.1) is 0 Å². The highest BCUT2D eigenvalue weighted by atomic mass is 35.5. The lowest BCUT2D eigenvalue weighted by molar-refractivity contribution is -0.137. The Bertz CT molecular complexity index is 759. The van der Waals surface area contributed by atoms with E-state index < -0.39 is 11.7 Å². The zero-order valence-electron chi connectivity index (χ0n) is 12.8. The van der Waals surface area contributed by atoms with Crippen molar-refractivity contribution in [3.05, 3.63) is 59.0 Å². The fraction of sp³-hybridized carbons (Fsp3) is 0.250. The third-order valence-electron chi connectivity index (χ3n) is 3.59. The van der Waals surface area contributed by atoms with Crippen molar-refractivity contribution < 1.29 is 13.2 Å². The van der Waals surface area contributed by atoms with Crippen molar-refractivity contribution in [2.45, 2.75) is 12.7 Å². The molecule has 8 heteroatoms. The Balaban J connectivity index is 1.80. The normalized spacial score (nSPS) is 14.5. The molecule has 0 atom stereocenters. The second kappa shape index (κ2) is 6.32. The minimum atomic E-state index is -4.51. The van der Waals surface area contributed by atoms with Gasteiger partial charge in [-0.1, -0.05) is 17.7 Å². The number of alkyl halides is 3. The molecule has 24 heavy (non-hydrogen) atoms. The molecule has 1 aliphatic heterocycles. The summed E-state index contributed by atoms with van der Waals surface area (Å²) in [4.78, 5) is 4.07. The molecule has 0 bridgehead atoms. The summed E-state index contributed by atoms with van der Waals surface area (Å²) >= 11 is 5.63. The Morgan fingerprint density at radius 3 is 2.50 bits per heavy atom. The Labute approximate surface area is 142 Å². The van der Waals surface area contributed by atoms with Crippen molar-refractivity contribution in [3.63, 3.8) is 0 Å². The quantitative estimate of drug-likeness (QED) is 0.834. The van der Waals surface area contributed by atoms with Crippen molar-refractivity contribution in [2.75, 3.05) is 13.7 Å². The van der Waals surface area contributed by atoms with Crippen molar-refractivity contribution in [1.82, 2.24) is 20.0 Å². The summed E-state index contributed by atoms with van der Waals surface area (Å²) in [6.07, 6.45) is -0.604. The van der Waals surface area contributed by atoms with Gasteiger partial charge in [0.25, 0.3) is 0 Å².